The maximum Gasteiger partial charge on any atom is 0.411 e. The minimum atomic E-state index is -2.72. The SMILES string of the molecule is CC(C)c1cc(NC(=O)OCC(C)(C)C)c(O)c2c1C[C@H]1C[C@H]3CC(=O)C(C(N)=O)C(=O)[C@@]3(O)C(=O)C1C2=O. The van der Waals surface area contributed by atoms with E-state index in [9.17, 15) is 39.0 Å². The Morgan fingerprint density at radius 1 is 1.15 bits per heavy atom. The van der Waals surface area contributed by atoms with Crippen LogP contribution in [0.1, 0.15) is 74.9 Å². The fourth-order valence-corrected chi connectivity index (χ4v) is 6.10. The van der Waals surface area contributed by atoms with Crippen LogP contribution in [0.25, 0.3) is 0 Å². The van der Waals surface area contributed by atoms with Gasteiger partial charge in [-0.15, -0.1) is 0 Å². The number of benzene rings is 1. The van der Waals surface area contributed by atoms with Crippen LogP contribution in [0.3, 0.4) is 0 Å². The Morgan fingerprint density at radius 2 is 1.79 bits per heavy atom. The van der Waals surface area contributed by atoms with Crippen LogP contribution < -0.4 is 11.1 Å². The van der Waals surface area contributed by atoms with Gasteiger partial charge in [0, 0.05) is 12.3 Å². The van der Waals surface area contributed by atoms with Crippen molar-refractivity contribution in [2.24, 2.45) is 34.8 Å². The van der Waals surface area contributed by atoms with Gasteiger partial charge in [0.15, 0.2) is 34.7 Å². The second kappa shape index (κ2) is 9.55. The molecule has 0 bridgehead atoms. The normalized spacial score (nSPS) is 28.5. The number of ether oxygens (including phenoxy) is 1. The van der Waals surface area contributed by atoms with Gasteiger partial charge in [-0.1, -0.05) is 34.6 Å². The lowest BCUT2D eigenvalue weighted by molar-refractivity contribution is -0.175. The quantitative estimate of drug-likeness (QED) is 0.326. The number of rotatable bonds is 4. The Labute approximate surface area is 225 Å². The van der Waals surface area contributed by atoms with Crippen molar-refractivity contribution in [3.05, 3.63) is 22.8 Å². The molecule has 0 aliphatic heterocycles. The van der Waals surface area contributed by atoms with Gasteiger partial charge in [-0.3, -0.25) is 29.3 Å². The van der Waals surface area contributed by atoms with Crippen molar-refractivity contribution in [3.63, 3.8) is 0 Å². The van der Waals surface area contributed by atoms with Gasteiger partial charge in [0.05, 0.1) is 23.8 Å². The molecule has 4 rings (SSSR count). The molecular weight excluding hydrogens is 508 g/mol. The second-order valence-electron chi connectivity index (χ2n) is 12.4. The molecule has 0 aromatic heterocycles. The maximum atomic E-state index is 13.8. The van der Waals surface area contributed by atoms with Gasteiger partial charge in [-0.05, 0) is 47.3 Å². The lowest BCUT2D eigenvalue weighted by Gasteiger charge is -2.48. The molecule has 39 heavy (non-hydrogen) atoms. The number of aromatic hydroxyl groups is 1. The van der Waals surface area contributed by atoms with Crippen molar-refractivity contribution < 1.29 is 43.7 Å². The Morgan fingerprint density at radius 3 is 2.36 bits per heavy atom. The highest BCUT2D eigenvalue weighted by molar-refractivity contribution is 6.31. The molecule has 0 spiro atoms. The average Bonchev–Trinajstić information content (AvgIpc) is 2.80. The van der Waals surface area contributed by atoms with E-state index in [1.165, 1.54) is 0 Å². The number of anilines is 1. The van der Waals surface area contributed by atoms with Gasteiger partial charge in [0.1, 0.15) is 5.75 Å². The molecule has 2 unspecified atom stereocenters. The van der Waals surface area contributed by atoms with Crippen molar-refractivity contribution >= 4 is 40.8 Å². The average molecular weight is 543 g/mol. The topological polar surface area (TPSA) is 190 Å². The smallest absolute Gasteiger partial charge is 0.411 e. The third kappa shape index (κ3) is 4.62. The van der Waals surface area contributed by atoms with Crippen LogP contribution in [-0.4, -0.2) is 57.6 Å². The van der Waals surface area contributed by atoms with Crippen LogP contribution in [0.15, 0.2) is 6.07 Å². The van der Waals surface area contributed by atoms with E-state index in [4.69, 9.17) is 10.5 Å². The van der Waals surface area contributed by atoms with E-state index in [0.717, 1.165) is 0 Å². The maximum absolute atomic E-state index is 13.8. The number of aliphatic hydroxyl groups is 1. The molecule has 2 fully saturated rings. The summed E-state index contributed by atoms with van der Waals surface area (Å²) in [6.45, 7) is 9.47. The van der Waals surface area contributed by atoms with Crippen molar-refractivity contribution in [2.45, 2.75) is 65.4 Å². The van der Waals surface area contributed by atoms with E-state index in [1.54, 1.807) is 6.07 Å². The van der Waals surface area contributed by atoms with Gasteiger partial charge < -0.3 is 20.7 Å². The summed E-state index contributed by atoms with van der Waals surface area (Å²) in [6, 6.07) is 1.57. The van der Waals surface area contributed by atoms with Gasteiger partial charge in [0.2, 0.25) is 5.91 Å². The van der Waals surface area contributed by atoms with Crippen molar-refractivity contribution in [1.82, 2.24) is 0 Å². The molecule has 5 N–H and O–H groups in total. The third-order valence-electron chi connectivity index (χ3n) is 7.93. The molecule has 1 aromatic rings. The monoisotopic (exact) mass is 542 g/mol. The zero-order valence-corrected chi connectivity index (χ0v) is 22.6. The molecule has 0 saturated heterocycles. The molecule has 2 saturated carbocycles. The summed E-state index contributed by atoms with van der Waals surface area (Å²) in [4.78, 5) is 77.3. The molecule has 210 valence electrons. The molecule has 5 atom stereocenters. The predicted octanol–water partition coefficient (Wildman–Crippen LogP) is 2.04. The molecule has 11 heteroatoms. The first-order valence-corrected chi connectivity index (χ1v) is 13.0. The van der Waals surface area contributed by atoms with Gasteiger partial charge in [-0.25, -0.2) is 4.79 Å². The van der Waals surface area contributed by atoms with E-state index in [1.807, 2.05) is 34.6 Å². The number of hydrogen-bond donors (Lipinski definition) is 4. The first-order chi connectivity index (χ1) is 18.0. The Kier molecular flexibility index (Phi) is 6.95. The minimum Gasteiger partial charge on any atom is -0.505 e. The first-order valence-electron chi connectivity index (χ1n) is 13.0. The number of amides is 2. The number of nitrogens with one attached hydrogen (secondary N) is 1. The van der Waals surface area contributed by atoms with Gasteiger partial charge in [0.25, 0.3) is 0 Å². The fraction of sp³-hybridized carbons (Fsp3) is 0.571. The van der Waals surface area contributed by atoms with Crippen LogP contribution in [0.2, 0.25) is 0 Å². The van der Waals surface area contributed by atoms with E-state index in [2.05, 4.69) is 5.32 Å². The molecule has 2 amide bonds. The summed E-state index contributed by atoms with van der Waals surface area (Å²) in [5, 5.41) is 24.9. The second-order valence-corrected chi connectivity index (χ2v) is 12.4. The number of phenolic OH excluding ortho intramolecular Hbond substituents is 1. The zero-order valence-electron chi connectivity index (χ0n) is 22.6. The summed E-state index contributed by atoms with van der Waals surface area (Å²) < 4.78 is 5.23. The predicted molar refractivity (Wildman–Crippen MR) is 137 cm³/mol. The fourth-order valence-electron chi connectivity index (χ4n) is 6.10. The van der Waals surface area contributed by atoms with E-state index < -0.39 is 76.6 Å². The molecule has 0 heterocycles. The van der Waals surface area contributed by atoms with E-state index in [0.29, 0.717) is 11.1 Å². The molecule has 3 aliphatic carbocycles. The zero-order chi connectivity index (χ0) is 29.2. The van der Waals surface area contributed by atoms with Crippen LogP contribution >= 0.6 is 0 Å². The summed E-state index contributed by atoms with van der Waals surface area (Å²) >= 11 is 0. The molecular formula is C28H34N2O9. The number of carbonyl (C=O) groups is 6. The summed E-state index contributed by atoms with van der Waals surface area (Å²) in [7, 11) is 0. The highest BCUT2D eigenvalue weighted by atomic mass is 16.5. The van der Waals surface area contributed by atoms with Gasteiger partial charge >= 0.3 is 6.09 Å². The molecule has 1 aromatic carbocycles. The molecule has 3 aliphatic rings. The lowest BCUT2D eigenvalue weighted by Crippen LogP contribution is -2.68. The van der Waals surface area contributed by atoms with Crippen molar-refractivity contribution in [1.29, 1.82) is 0 Å². The van der Waals surface area contributed by atoms with E-state index >= 15 is 0 Å². The largest absolute Gasteiger partial charge is 0.505 e. The van der Waals surface area contributed by atoms with Crippen LogP contribution in [0, 0.1) is 29.1 Å². The summed E-state index contributed by atoms with van der Waals surface area (Å²) in [5.41, 5.74) is 3.11. The van der Waals surface area contributed by atoms with Crippen LogP contribution in [0.4, 0.5) is 10.5 Å². The van der Waals surface area contributed by atoms with E-state index in [-0.39, 0.29) is 42.0 Å². The minimum absolute atomic E-state index is 0.0124. The number of ketones is 4. The highest BCUT2D eigenvalue weighted by Crippen LogP contribution is 2.51. The number of Topliss-reactive ketones (excluding diaryl/α,β-unsaturated/α-hetero) is 4. The van der Waals surface area contributed by atoms with Crippen molar-refractivity contribution in [2.75, 3.05) is 11.9 Å². The summed E-state index contributed by atoms with van der Waals surface area (Å²) in [5.74, 6) is -11.1. The Bertz CT molecular complexity index is 1310. The van der Waals surface area contributed by atoms with Crippen LogP contribution in [-0.2, 0) is 30.3 Å². The van der Waals surface area contributed by atoms with Crippen molar-refractivity contribution in [3.8, 4) is 5.75 Å². The standard InChI is InChI=1S/C28H34N2O9/c1-11(2)14-9-16(30-26(37)39-10-27(3,4)5)21(32)19-15(14)7-12-6-13-8-17(31)20(25(29)36)24(35)28(13,38)23(34)18(12)22(19)33/h9,11-13,18,20,32,38H,6-8,10H2,1-5H3,(H2,29,36)(H,30,37)/t12-,13+,18?,20?,28+/m1/s1. The third-order valence-corrected chi connectivity index (χ3v) is 7.93. The number of carbonyl (C=O) groups excluding carboxylic acids is 6. The van der Waals surface area contributed by atoms with Gasteiger partial charge in [-0.2, -0.15) is 0 Å². The number of fused-ring (bicyclic) bond motifs is 3. The Hall–Kier alpha value is -3.60. The highest BCUT2D eigenvalue weighted by Gasteiger charge is 2.66. The molecule has 11 nitrogen and oxygen atoms in total. The summed E-state index contributed by atoms with van der Waals surface area (Å²) in [6.07, 6.45) is -1.05. The number of nitrogens with two attached hydrogens (primary N) is 1. The Balaban J connectivity index is 1.76. The number of primary amides is 1. The number of hydrogen-bond acceptors (Lipinski definition) is 9. The lowest BCUT2D eigenvalue weighted by atomic mass is 9.53. The van der Waals surface area contributed by atoms with Crippen LogP contribution in [0.5, 0.6) is 5.75 Å². The first kappa shape index (κ1) is 28.4. The molecule has 0 radical (unpaired) electrons. The number of phenols is 1.